The zero-order valence-electron chi connectivity index (χ0n) is 48.7. The summed E-state index contributed by atoms with van der Waals surface area (Å²) < 4.78 is 16.8. The topological polar surface area (TPSA) is 78.9 Å². The Kier molecular flexibility index (Phi) is 58.5. The lowest BCUT2D eigenvalue weighted by molar-refractivity contribution is -0.167. The molecule has 0 bridgehead atoms. The molecule has 0 aromatic heterocycles. The van der Waals surface area contributed by atoms with E-state index in [2.05, 4.69) is 179 Å². The van der Waals surface area contributed by atoms with Crippen LogP contribution in [0, 0.1) is 0 Å². The summed E-state index contributed by atoms with van der Waals surface area (Å²) in [5, 5.41) is 0. The zero-order chi connectivity index (χ0) is 55.0. The minimum atomic E-state index is -0.822. The largest absolute Gasteiger partial charge is 0.462 e. The molecule has 76 heavy (non-hydrogen) atoms. The van der Waals surface area contributed by atoms with Crippen LogP contribution in [0.1, 0.15) is 245 Å². The number of hydrogen-bond donors (Lipinski definition) is 0. The van der Waals surface area contributed by atoms with Gasteiger partial charge in [0, 0.05) is 19.3 Å². The quantitative estimate of drug-likeness (QED) is 0.0261. The van der Waals surface area contributed by atoms with E-state index in [0.717, 1.165) is 154 Å². The maximum atomic E-state index is 12.8. The first-order valence-corrected chi connectivity index (χ1v) is 30.5. The Labute approximate surface area is 467 Å². The van der Waals surface area contributed by atoms with Crippen LogP contribution in [0.5, 0.6) is 0 Å². The maximum absolute atomic E-state index is 12.8. The number of esters is 3. The number of ether oxygens (including phenoxy) is 3. The van der Waals surface area contributed by atoms with Crippen molar-refractivity contribution < 1.29 is 28.6 Å². The molecule has 0 N–H and O–H groups in total. The normalized spacial score (nSPS) is 13.2. The van der Waals surface area contributed by atoms with E-state index >= 15 is 0 Å². The fraction of sp³-hybridized carbons (Fsp3) is 0.586. The Morgan fingerprint density at radius 1 is 0.276 bits per heavy atom. The van der Waals surface area contributed by atoms with Crippen LogP contribution < -0.4 is 0 Å². The first-order valence-electron chi connectivity index (χ1n) is 30.5. The van der Waals surface area contributed by atoms with Gasteiger partial charge in [0.15, 0.2) is 6.10 Å². The number of carbonyl (C=O) groups is 3. The number of allylic oxidation sites excluding steroid dienone is 26. The molecule has 0 aliphatic heterocycles. The second kappa shape index (κ2) is 62.6. The highest BCUT2D eigenvalue weighted by Gasteiger charge is 2.19. The monoisotopic (exact) mass is 1050 g/mol. The van der Waals surface area contributed by atoms with E-state index in [9.17, 15) is 14.4 Å². The lowest BCUT2D eigenvalue weighted by Gasteiger charge is -2.18. The Balaban J connectivity index is 4.45. The third-order valence-electron chi connectivity index (χ3n) is 12.2. The summed E-state index contributed by atoms with van der Waals surface area (Å²) in [6, 6.07) is 0. The highest BCUT2D eigenvalue weighted by atomic mass is 16.6. The summed E-state index contributed by atoms with van der Waals surface area (Å²) in [6.45, 7) is 6.32. The zero-order valence-corrected chi connectivity index (χ0v) is 48.7. The van der Waals surface area contributed by atoms with E-state index in [4.69, 9.17) is 14.2 Å². The molecule has 0 saturated heterocycles. The first kappa shape index (κ1) is 71.0. The molecule has 426 valence electrons. The molecule has 0 aliphatic rings. The predicted octanol–water partition coefficient (Wildman–Crippen LogP) is 20.9. The summed E-state index contributed by atoms with van der Waals surface area (Å²) in [4.78, 5) is 38.2. The molecular formula is C70H110O6. The lowest BCUT2D eigenvalue weighted by atomic mass is 10.1. The van der Waals surface area contributed by atoms with Crippen LogP contribution in [0.3, 0.4) is 0 Å². The molecule has 6 nitrogen and oxygen atoms in total. The molecule has 6 heteroatoms. The third-order valence-corrected chi connectivity index (χ3v) is 12.2. The summed E-state index contributed by atoms with van der Waals surface area (Å²) in [5.74, 6) is -0.996. The van der Waals surface area contributed by atoms with Gasteiger partial charge in [-0.3, -0.25) is 14.4 Å². The van der Waals surface area contributed by atoms with Crippen LogP contribution in [0.4, 0.5) is 0 Å². The van der Waals surface area contributed by atoms with Gasteiger partial charge in [-0.15, -0.1) is 0 Å². The Morgan fingerprint density at radius 2 is 0.513 bits per heavy atom. The van der Waals surface area contributed by atoms with Crippen molar-refractivity contribution >= 4 is 17.9 Å². The van der Waals surface area contributed by atoms with Gasteiger partial charge in [0.05, 0.1) is 0 Å². The van der Waals surface area contributed by atoms with Crippen molar-refractivity contribution in [2.24, 2.45) is 0 Å². The minimum Gasteiger partial charge on any atom is -0.462 e. The molecular weight excluding hydrogens is 937 g/mol. The van der Waals surface area contributed by atoms with Gasteiger partial charge in [-0.05, 0) is 148 Å². The summed E-state index contributed by atoms with van der Waals surface area (Å²) >= 11 is 0. The third kappa shape index (κ3) is 59.9. The van der Waals surface area contributed by atoms with E-state index in [1.165, 1.54) is 44.9 Å². The number of hydrogen-bond acceptors (Lipinski definition) is 6. The van der Waals surface area contributed by atoms with Crippen molar-refractivity contribution in [3.8, 4) is 0 Å². The van der Waals surface area contributed by atoms with Crippen molar-refractivity contribution in [2.45, 2.75) is 252 Å². The summed E-state index contributed by atoms with van der Waals surface area (Å²) in [7, 11) is 0. The Bertz CT molecular complexity index is 1720. The highest BCUT2D eigenvalue weighted by Crippen LogP contribution is 2.13. The van der Waals surface area contributed by atoms with E-state index in [1.807, 2.05) is 0 Å². The van der Waals surface area contributed by atoms with Gasteiger partial charge in [0.2, 0.25) is 0 Å². The maximum Gasteiger partial charge on any atom is 0.306 e. The molecule has 0 aromatic carbocycles. The minimum absolute atomic E-state index is 0.114. The van der Waals surface area contributed by atoms with Crippen molar-refractivity contribution in [2.75, 3.05) is 13.2 Å². The fourth-order valence-corrected chi connectivity index (χ4v) is 7.74. The highest BCUT2D eigenvalue weighted by molar-refractivity contribution is 5.71. The SMILES string of the molecule is CC/C=C\C/C=C\C/C=C\C/C=C\C/C=C\C/C=C\C/C=C\C/C=C\CCCCCCC(=O)OCC(COC(=O)CCCCCCC/C=C\CCCCCCC)OC(=O)CCCC/C=C\C/C=C\C/C=C\C/C=C\CC. The van der Waals surface area contributed by atoms with Crippen molar-refractivity contribution in [1.29, 1.82) is 0 Å². The molecule has 0 aromatic rings. The van der Waals surface area contributed by atoms with Crippen LogP contribution in [0.2, 0.25) is 0 Å². The first-order chi connectivity index (χ1) is 37.5. The average molecular weight is 1050 g/mol. The van der Waals surface area contributed by atoms with E-state index in [0.29, 0.717) is 19.3 Å². The Hall–Kier alpha value is -4.97. The molecule has 0 fully saturated rings. The van der Waals surface area contributed by atoms with Crippen molar-refractivity contribution in [3.05, 3.63) is 158 Å². The van der Waals surface area contributed by atoms with Crippen LogP contribution >= 0.6 is 0 Å². The van der Waals surface area contributed by atoms with Gasteiger partial charge in [-0.2, -0.15) is 0 Å². The molecule has 0 heterocycles. The van der Waals surface area contributed by atoms with E-state index < -0.39 is 6.10 Å². The molecule has 0 spiro atoms. The van der Waals surface area contributed by atoms with Crippen LogP contribution in [-0.2, 0) is 28.6 Å². The fourth-order valence-electron chi connectivity index (χ4n) is 7.74. The second-order valence-electron chi connectivity index (χ2n) is 19.5. The van der Waals surface area contributed by atoms with Crippen LogP contribution in [-0.4, -0.2) is 37.2 Å². The number of carbonyl (C=O) groups excluding carboxylic acids is 3. The molecule has 0 rings (SSSR count). The van der Waals surface area contributed by atoms with E-state index in [1.54, 1.807) is 0 Å². The van der Waals surface area contributed by atoms with Gasteiger partial charge in [-0.1, -0.05) is 237 Å². The predicted molar refractivity (Wildman–Crippen MR) is 329 cm³/mol. The molecule has 1 atom stereocenters. The molecule has 0 saturated carbocycles. The molecule has 0 aliphatic carbocycles. The molecule has 0 amide bonds. The standard InChI is InChI=1S/C70H110O6/c1-4-7-10-13-16-19-22-25-28-29-30-31-32-33-34-35-36-37-38-39-40-41-43-45-48-51-54-57-60-63-69(72)75-66-67(65-74-68(71)62-59-56-53-50-47-44-27-24-21-18-15-12-9-6-3)76-70(73)64-61-58-55-52-49-46-42-26-23-20-17-14-11-8-5-2/h7-8,10-11,16-17,19-20,24-28,30-31,33-34,36-37,39-40,42-43,45,49,52,67H,4-6,9,12-15,18,21-23,29,32,35,38,41,44,46-48,50-51,53-66H2,1-3H3/b10-7-,11-8-,19-16-,20-17-,27-24-,28-25-,31-30-,34-33-,37-36-,40-39-,42-26-,45-43-,52-49-. The van der Waals surface area contributed by atoms with Gasteiger partial charge in [-0.25, -0.2) is 0 Å². The second-order valence-corrected chi connectivity index (χ2v) is 19.5. The van der Waals surface area contributed by atoms with Gasteiger partial charge in [0.1, 0.15) is 13.2 Å². The number of unbranched alkanes of at least 4 members (excludes halogenated alkanes) is 16. The average Bonchev–Trinajstić information content (AvgIpc) is 3.42. The van der Waals surface area contributed by atoms with Crippen LogP contribution in [0.25, 0.3) is 0 Å². The summed E-state index contributed by atoms with van der Waals surface area (Å²) in [5.41, 5.74) is 0. The lowest BCUT2D eigenvalue weighted by Crippen LogP contribution is -2.30. The summed E-state index contributed by atoms with van der Waals surface area (Å²) in [6.07, 6.45) is 91.0. The molecule has 1 unspecified atom stereocenters. The van der Waals surface area contributed by atoms with Gasteiger partial charge in [0.25, 0.3) is 0 Å². The van der Waals surface area contributed by atoms with E-state index in [-0.39, 0.29) is 37.5 Å². The Morgan fingerprint density at radius 3 is 0.842 bits per heavy atom. The van der Waals surface area contributed by atoms with Crippen LogP contribution in [0.15, 0.2) is 158 Å². The molecule has 0 radical (unpaired) electrons. The van der Waals surface area contributed by atoms with Crippen molar-refractivity contribution in [1.82, 2.24) is 0 Å². The van der Waals surface area contributed by atoms with Gasteiger partial charge >= 0.3 is 17.9 Å². The smallest absolute Gasteiger partial charge is 0.306 e. The van der Waals surface area contributed by atoms with Crippen molar-refractivity contribution in [3.63, 3.8) is 0 Å². The number of rotatable bonds is 53. The van der Waals surface area contributed by atoms with Gasteiger partial charge < -0.3 is 14.2 Å².